The molecule has 0 aromatic heterocycles. The van der Waals surface area contributed by atoms with Crippen molar-refractivity contribution in [2.45, 2.75) is 19.3 Å². The van der Waals surface area contributed by atoms with Crippen LogP contribution in [0.4, 0.5) is 4.79 Å². The molecule has 0 spiro atoms. The van der Waals surface area contributed by atoms with Gasteiger partial charge in [0.2, 0.25) is 5.91 Å². The summed E-state index contributed by atoms with van der Waals surface area (Å²) in [4.78, 5) is 24.6. The maximum atomic E-state index is 11.6. The van der Waals surface area contributed by atoms with Crippen molar-refractivity contribution < 1.29 is 14.7 Å². The Bertz CT molecular complexity index is 318. The summed E-state index contributed by atoms with van der Waals surface area (Å²) in [6.45, 7) is 1.96. The Balaban J connectivity index is 1.62. The molecule has 0 bridgehead atoms. The van der Waals surface area contributed by atoms with Crippen molar-refractivity contribution in [3.63, 3.8) is 0 Å². The van der Waals surface area contributed by atoms with Gasteiger partial charge in [-0.1, -0.05) is 11.8 Å². The van der Waals surface area contributed by atoms with Gasteiger partial charge in [0.05, 0.1) is 6.61 Å². The molecule has 96 valence electrons. The molecule has 6 heteroatoms. The largest absolute Gasteiger partial charge is 0.396 e. The van der Waals surface area contributed by atoms with Gasteiger partial charge in [-0.2, -0.15) is 0 Å². The molecule has 2 N–H and O–H groups in total. The molecule has 1 heterocycles. The first-order valence-electron chi connectivity index (χ1n) is 5.94. The van der Waals surface area contributed by atoms with E-state index < -0.39 is 0 Å². The fourth-order valence-electron chi connectivity index (χ4n) is 1.81. The van der Waals surface area contributed by atoms with Gasteiger partial charge in [-0.05, 0) is 12.8 Å². The molecule has 5 nitrogen and oxygen atoms in total. The van der Waals surface area contributed by atoms with Gasteiger partial charge < -0.3 is 15.3 Å². The molecule has 0 unspecified atom stereocenters. The molecule has 0 aromatic carbocycles. The molecular weight excluding hydrogens is 240 g/mol. The molecule has 0 atom stereocenters. The lowest BCUT2D eigenvalue weighted by molar-refractivity contribution is -0.121. The van der Waals surface area contributed by atoms with Crippen LogP contribution >= 0.6 is 11.8 Å². The van der Waals surface area contributed by atoms with Crippen LogP contribution in [0.25, 0.3) is 0 Å². The maximum Gasteiger partial charge on any atom is 0.281 e. The monoisotopic (exact) mass is 258 g/mol. The predicted octanol–water partition coefficient (Wildman–Crippen LogP) is 0.434. The first kappa shape index (κ1) is 12.7. The van der Waals surface area contributed by atoms with Crippen molar-refractivity contribution in [3.8, 4) is 0 Å². The highest BCUT2D eigenvalue weighted by Gasteiger charge is 2.42. The van der Waals surface area contributed by atoms with Crippen LogP contribution in [0.15, 0.2) is 0 Å². The number of thioether (sulfide) groups is 1. The third-order valence-corrected chi connectivity index (χ3v) is 4.30. The lowest BCUT2D eigenvalue weighted by Crippen LogP contribution is -2.34. The Hall–Kier alpha value is -0.750. The second-order valence-electron chi connectivity index (χ2n) is 4.79. The molecule has 1 aliphatic carbocycles. The molecule has 2 rings (SSSR count). The van der Waals surface area contributed by atoms with E-state index in [1.54, 1.807) is 4.90 Å². The molecule has 2 fully saturated rings. The zero-order chi connectivity index (χ0) is 12.3. The minimum absolute atomic E-state index is 0.0329. The van der Waals surface area contributed by atoms with Gasteiger partial charge in [0, 0.05) is 37.2 Å². The molecule has 0 radical (unpaired) electrons. The van der Waals surface area contributed by atoms with Crippen molar-refractivity contribution in [2.24, 2.45) is 5.41 Å². The SMILES string of the molecule is O=C(CCN1CCSC1=O)NCC1(CO)CC1. The topological polar surface area (TPSA) is 69.6 Å². The average molecular weight is 258 g/mol. The van der Waals surface area contributed by atoms with Crippen molar-refractivity contribution >= 4 is 22.9 Å². The van der Waals surface area contributed by atoms with Crippen LogP contribution in [-0.4, -0.2) is 53.1 Å². The number of carbonyl (C=O) groups excluding carboxylic acids is 2. The summed E-state index contributed by atoms with van der Waals surface area (Å²) < 4.78 is 0. The van der Waals surface area contributed by atoms with Gasteiger partial charge in [-0.3, -0.25) is 9.59 Å². The number of rotatable bonds is 6. The highest BCUT2D eigenvalue weighted by molar-refractivity contribution is 8.13. The van der Waals surface area contributed by atoms with E-state index in [1.165, 1.54) is 11.8 Å². The summed E-state index contributed by atoms with van der Waals surface area (Å²) in [6, 6.07) is 0. The molecule has 2 aliphatic rings. The minimum Gasteiger partial charge on any atom is -0.396 e. The normalized spacial score (nSPS) is 21.7. The summed E-state index contributed by atoms with van der Waals surface area (Å²) in [5.41, 5.74) is -0.0467. The third-order valence-electron chi connectivity index (χ3n) is 3.41. The smallest absolute Gasteiger partial charge is 0.281 e. The predicted molar refractivity (Wildman–Crippen MR) is 65.8 cm³/mol. The van der Waals surface area contributed by atoms with Gasteiger partial charge in [-0.15, -0.1) is 0 Å². The number of carbonyl (C=O) groups is 2. The number of aliphatic hydroxyl groups is 1. The first-order valence-corrected chi connectivity index (χ1v) is 6.93. The number of nitrogens with zero attached hydrogens (tertiary/aromatic N) is 1. The molecule has 1 aliphatic heterocycles. The second kappa shape index (κ2) is 5.27. The average Bonchev–Trinajstić information content (AvgIpc) is 3.01. The molecular formula is C11H18N2O3S. The standard InChI is InChI=1S/C11H18N2O3S/c14-8-11(2-3-11)7-12-9(15)1-4-13-5-6-17-10(13)16/h14H,1-8H2,(H,12,15). The van der Waals surface area contributed by atoms with Gasteiger partial charge in [0.25, 0.3) is 5.24 Å². The quantitative estimate of drug-likeness (QED) is 0.725. The Labute approximate surface area is 105 Å². The van der Waals surface area contributed by atoms with Gasteiger partial charge >= 0.3 is 0 Å². The Morgan fingerprint density at radius 2 is 2.29 bits per heavy atom. The lowest BCUT2D eigenvalue weighted by atomic mass is 10.1. The summed E-state index contributed by atoms with van der Waals surface area (Å²) >= 11 is 1.31. The van der Waals surface area contributed by atoms with Crippen LogP contribution in [0.1, 0.15) is 19.3 Å². The van der Waals surface area contributed by atoms with Crippen LogP contribution in [0.2, 0.25) is 0 Å². The molecule has 1 saturated heterocycles. The lowest BCUT2D eigenvalue weighted by Gasteiger charge is -2.15. The van der Waals surface area contributed by atoms with E-state index >= 15 is 0 Å². The third kappa shape index (κ3) is 3.35. The summed E-state index contributed by atoms with van der Waals surface area (Å²) in [6.07, 6.45) is 2.34. The Morgan fingerprint density at radius 3 is 2.82 bits per heavy atom. The van der Waals surface area contributed by atoms with Gasteiger partial charge in [0.15, 0.2) is 0 Å². The van der Waals surface area contributed by atoms with Crippen molar-refractivity contribution in [1.82, 2.24) is 10.2 Å². The van der Waals surface area contributed by atoms with E-state index in [-0.39, 0.29) is 23.2 Å². The van der Waals surface area contributed by atoms with Crippen molar-refractivity contribution in [1.29, 1.82) is 0 Å². The Kier molecular flexibility index (Phi) is 3.93. The molecule has 17 heavy (non-hydrogen) atoms. The number of hydrogen-bond donors (Lipinski definition) is 2. The van der Waals surface area contributed by atoms with Crippen molar-refractivity contribution in [3.05, 3.63) is 0 Å². The fourth-order valence-corrected chi connectivity index (χ4v) is 2.66. The number of aliphatic hydroxyl groups excluding tert-OH is 1. The highest BCUT2D eigenvalue weighted by atomic mass is 32.2. The van der Waals surface area contributed by atoms with Crippen LogP contribution in [0, 0.1) is 5.41 Å². The Morgan fingerprint density at radius 1 is 1.53 bits per heavy atom. The van der Waals surface area contributed by atoms with E-state index in [0.717, 1.165) is 25.1 Å². The molecule has 1 saturated carbocycles. The van der Waals surface area contributed by atoms with Gasteiger partial charge in [-0.25, -0.2) is 0 Å². The molecule has 2 amide bonds. The summed E-state index contributed by atoms with van der Waals surface area (Å²) in [7, 11) is 0. The zero-order valence-electron chi connectivity index (χ0n) is 9.78. The van der Waals surface area contributed by atoms with Crippen LogP contribution in [0.3, 0.4) is 0 Å². The maximum absolute atomic E-state index is 11.6. The van der Waals surface area contributed by atoms with E-state index in [2.05, 4.69) is 5.32 Å². The number of hydrogen-bond acceptors (Lipinski definition) is 4. The number of nitrogens with one attached hydrogen (secondary N) is 1. The van der Waals surface area contributed by atoms with Crippen molar-refractivity contribution in [2.75, 3.05) is 32.0 Å². The first-order chi connectivity index (χ1) is 8.15. The summed E-state index contributed by atoms with van der Waals surface area (Å²) in [5, 5.41) is 12.0. The van der Waals surface area contributed by atoms with E-state index in [4.69, 9.17) is 5.11 Å². The zero-order valence-corrected chi connectivity index (χ0v) is 10.6. The van der Waals surface area contributed by atoms with Crippen LogP contribution in [-0.2, 0) is 4.79 Å². The van der Waals surface area contributed by atoms with E-state index in [9.17, 15) is 9.59 Å². The van der Waals surface area contributed by atoms with Crippen LogP contribution < -0.4 is 5.32 Å². The fraction of sp³-hybridized carbons (Fsp3) is 0.818. The second-order valence-corrected chi connectivity index (χ2v) is 5.83. The van der Waals surface area contributed by atoms with Crippen LogP contribution in [0.5, 0.6) is 0 Å². The van der Waals surface area contributed by atoms with E-state index in [0.29, 0.717) is 19.5 Å². The van der Waals surface area contributed by atoms with E-state index in [1.807, 2.05) is 0 Å². The minimum atomic E-state index is -0.0467. The van der Waals surface area contributed by atoms with Gasteiger partial charge in [0.1, 0.15) is 0 Å². The number of amides is 2. The summed E-state index contributed by atoms with van der Waals surface area (Å²) in [5.74, 6) is 0.795. The highest BCUT2D eigenvalue weighted by Crippen LogP contribution is 2.44. The molecule has 0 aromatic rings.